The number of anilines is 2. The summed E-state index contributed by atoms with van der Waals surface area (Å²) in [5, 5.41) is 4.44. The zero-order valence-corrected chi connectivity index (χ0v) is 14.3. The Kier molecular flexibility index (Phi) is 3.83. The molecule has 3 aromatic heterocycles. The van der Waals surface area contributed by atoms with E-state index in [4.69, 9.17) is 0 Å². The molecule has 0 N–H and O–H groups in total. The standard InChI is InChI=1S/C16H20N8O/c1-3-24-13(25)5-4-12(20-24)22-6-8-23(9-7-22)16-14-15(17-10-18-16)21(2)11-19-14/h4-5,10-11H,3,6-9H2,1-2H3. The molecule has 0 aliphatic carbocycles. The van der Waals surface area contributed by atoms with Crippen molar-refractivity contribution in [1.82, 2.24) is 29.3 Å². The maximum atomic E-state index is 11.7. The lowest BCUT2D eigenvalue weighted by Gasteiger charge is -2.36. The van der Waals surface area contributed by atoms with E-state index in [9.17, 15) is 4.79 Å². The van der Waals surface area contributed by atoms with Crippen molar-refractivity contribution in [3.8, 4) is 0 Å². The second-order valence-electron chi connectivity index (χ2n) is 6.04. The van der Waals surface area contributed by atoms with Crippen molar-refractivity contribution in [2.24, 2.45) is 7.05 Å². The van der Waals surface area contributed by atoms with Gasteiger partial charge in [0.1, 0.15) is 12.1 Å². The first-order valence-corrected chi connectivity index (χ1v) is 8.37. The van der Waals surface area contributed by atoms with Crippen LogP contribution in [0.1, 0.15) is 6.92 Å². The summed E-state index contributed by atoms with van der Waals surface area (Å²) in [4.78, 5) is 29.3. The summed E-state index contributed by atoms with van der Waals surface area (Å²) < 4.78 is 3.39. The van der Waals surface area contributed by atoms with Gasteiger partial charge in [0.2, 0.25) is 0 Å². The van der Waals surface area contributed by atoms with Gasteiger partial charge in [-0.15, -0.1) is 0 Å². The van der Waals surface area contributed by atoms with Crippen molar-refractivity contribution in [3.63, 3.8) is 0 Å². The summed E-state index contributed by atoms with van der Waals surface area (Å²) in [6.07, 6.45) is 3.35. The molecule has 0 unspecified atom stereocenters. The van der Waals surface area contributed by atoms with Gasteiger partial charge < -0.3 is 14.4 Å². The van der Waals surface area contributed by atoms with Gasteiger partial charge in [0.25, 0.3) is 5.56 Å². The molecule has 3 aromatic rings. The van der Waals surface area contributed by atoms with Crippen LogP contribution < -0.4 is 15.4 Å². The number of rotatable bonds is 3. The maximum absolute atomic E-state index is 11.7. The Morgan fingerprint density at radius 3 is 2.56 bits per heavy atom. The highest BCUT2D eigenvalue weighted by Gasteiger charge is 2.22. The van der Waals surface area contributed by atoms with Crippen LogP contribution in [0.4, 0.5) is 11.6 Å². The largest absolute Gasteiger partial charge is 0.352 e. The second-order valence-corrected chi connectivity index (χ2v) is 6.04. The molecule has 1 fully saturated rings. The predicted octanol–water partition coefficient (Wildman–Crippen LogP) is 0.266. The summed E-state index contributed by atoms with van der Waals surface area (Å²) in [6.45, 7) is 5.75. The number of piperazine rings is 1. The zero-order valence-electron chi connectivity index (χ0n) is 14.3. The third kappa shape index (κ3) is 2.71. The van der Waals surface area contributed by atoms with Gasteiger partial charge >= 0.3 is 0 Å². The van der Waals surface area contributed by atoms with Gasteiger partial charge in [-0.3, -0.25) is 4.79 Å². The first kappa shape index (κ1) is 15.6. The summed E-state index contributed by atoms with van der Waals surface area (Å²) >= 11 is 0. The number of fused-ring (bicyclic) bond motifs is 1. The topological polar surface area (TPSA) is 85.0 Å². The van der Waals surface area contributed by atoms with E-state index in [0.29, 0.717) is 6.54 Å². The number of nitrogens with zero attached hydrogens (tertiary/aromatic N) is 8. The van der Waals surface area contributed by atoms with Crippen LogP contribution in [0.3, 0.4) is 0 Å². The molecule has 1 aliphatic heterocycles. The Morgan fingerprint density at radius 1 is 1.04 bits per heavy atom. The number of aryl methyl sites for hydroxylation is 2. The molecule has 9 heteroatoms. The molecule has 0 radical (unpaired) electrons. The minimum absolute atomic E-state index is 0.0663. The Hall–Kier alpha value is -2.97. The lowest BCUT2D eigenvalue weighted by atomic mass is 10.3. The number of hydrogen-bond donors (Lipinski definition) is 0. The summed E-state index contributed by atoms with van der Waals surface area (Å²) in [5.74, 6) is 1.71. The van der Waals surface area contributed by atoms with E-state index >= 15 is 0 Å². The monoisotopic (exact) mass is 340 g/mol. The molecule has 1 saturated heterocycles. The third-order valence-electron chi connectivity index (χ3n) is 4.53. The van der Waals surface area contributed by atoms with Crippen LogP contribution in [0.2, 0.25) is 0 Å². The molecule has 0 atom stereocenters. The van der Waals surface area contributed by atoms with E-state index in [0.717, 1.165) is 49.0 Å². The molecule has 25 heavy (non-hydrogen) atoms. The van der Waals surface area contributed by atoms with E-state index in [1.54, 1.807) is 24.8 Å². The lowest BCUT2D eigenvalue weighted by Crippen LogP contribution is -2.47. The lowest BCUT2D eigenvalue weighted by molar-refractivity contribution is 0.587. The smallest absolute Gasteiger partial charge is 0.266 e. The average Bonchev–Trinajstić information content (AvgIpc) is 3.04. The predicted molar refractivity (Wildman–Crippen MR) is 94.9 cm³/mol. The van der Waals surface area contributed by atoms with Crippen molar-refractivity contribution >= 4 is 22.8 Å². The highest BCUT2D eigenvalue weighted by atomic mass is 16.1. The maximum Gasteiger partial charge on any atom is 0.266 e. The molecular weight excluding hydrogens is 320 g/mol. The van der Waals surface area contributed by atoms with Crippen molar-refractivity contribution in [2.75, 3.05) is 36.0 Å². The van der Waals surface area contributed by atoms with Crippen LogP contribution in [-0.4, -0.2) is 55.5 Å². The summed E-state index contributed by atoms with van der Waals surface area (Å²) in [7, 11) is 1.93. The highest BCUT2D eigenvalue weighted by molar-refractivity contribution is 5.83. The number of hydrogen-bond acceptors (Lipinski definition) is 7. The molecule has 9 nitrogen and oxygen atoms in total. The second kappa shape index (κ2) is 6.15. The molecule has 0 spiro atoms. The highest BCUT2D eigenvalue weighted by Crippen LogP contribution is 2.23. The summed E-state index contributed by atoms with van der Waals surface area (Å²) in [5.41, 5.74) is 1.60. The van der Waals surface area contributed by atoms with Crippen LogP contribution in [-0.2, 0) is 13.6 Å². The van der Waals surface area contributed by atoms with E-state index in [-0.39, 0.29) is 5.56 Å². The Bertz CT molecular complexity index is 954. The van der Waals surface area contributed by atoms with Crippen LogP contribution in [0, 0.1) is 0 Å². The minimum Gasteiger partial charge on any atom is -0.352 e. The van der Waals surface area contributed by atoms with E-state index in [1.807, 2.05) is 18.5 Å². The molecule has 130 valence electrons. The fourth-order valence-electron chi connectivity index (χ4n) is 3.15. The van der Waals surface area contributed by atoms with Crippen LogP contribution in [0.5, 0.6) is 0 Å². The van der Waals surface area contributed by atoms with Crippen LogP contribution >= 0.6 is 0 Å². The molecular formula is C16H20N8O. The van der Waals surface area contributed by atoms with Crippen molar-refractivity contribution in [1.29, 1.82) is 0 Å². The van der Waals surface area contributed by atoms with Gasteiger partial charge in [0.05, 0.1) is 6.33 Å². The SMILES string of the molecule is CCn1nc(N2CCN(c3ncnc4c3ncn4C)CC2)ccc1=O. The van der Waals surface area contributed by atoms with Gasteiger partial charge in [0, 0.05) is 45.8 Å². The van der Waals surface area contributed by atoms with Gasteiger partial charge in [-0.25, -0.2) is 19.6 Å². The molecule has 0 amide bonds. The first-order chi connectivity index (χ1) is 12.2. The Morgan fingerprint density at radius 2 is 1.80 bits per heavy atom. The summed E-state index contributed by atoms with van der Waals surface area (Å²) in [6, 6.07) is 3.38. The molecule has 0 bridgehead atoms. The van der Waals surface area contributed by atoms with Gasteiger partial charge in [-0.05, 0) is 13.0 Å². The van der Waals surface area contributed by atoms with Gasteiger partial charge in [-0.2, -0.15) is 5.10 Å². The Labute approximate surface area is 144 Å². The van der Waals surface area contributed by atoms with Crippen LogP contribution in [0.25, 0.3) is 11.2 Å². The van der Waals surface area contributed by atoms with Crippen LogP contribution in [0.15, 0.2) is 29.6 Å². The molecule has 1 aliphatic rings. The number of imidazole rings is 1. The third-order valence-corrected chi connectivity index (χ3v) is 4.53. The first-order valence-electron chi connectivity index (χ1n) is 8.37. The normalized spacial score (nSPS) is 15.1. The Balaban J connectivity index is 1.54. The van der Waals surface area contributed by atoms with E-state index in [2.05, 4.69) is 29.9 Å². The van der Waals surface area contributed by atoms with Crippen molar-refractivity contribution in [3.05, 3.63) is 35.1 Å². The average molecular weight is 340 g/mol. The van der Waals surface area contributed by atoms with Crippen molar-refractivity contribution < 1.29 is 0 Å². The van der Waals surface area contributed by atoms with Gasteiger partial charge in [-0.1, -0.05) is 0 Å². The molecule has 0 saturated carbocycles. The molecule has 4 heterocycles. The zero-order chi connectivity index (χ0) is 17.4. The van der Waals surface area contributed by atoms with Gasteiger partial charge in [0.15, 0.2) is 17.0 Å². The fourth-order valence-corrected chi connectivity index (χ4v) is 3.15. The molecule has 4 rings (SSSR count). The molecule has 0 aromatic carbocycles. The van der Waals surface area contributed by atoms with E-state index < -0.39 is 0 Å². The fraction of sp³-hybridized carbons (Fsp3) is 0.438. The van der Waals surface area contributed by atoms with E-state index in [1.165, 1.54) is 4.68 Å². The van der Waals surface area contributed by atoms with Crippen molar-refractivity contribution in [2.45, 2.75) is 13.5 Å². The minimum atomic E-state index is -0.0663. The quantitative estimate of drug-likeness (QED) is 0.676. The number of aromatic nitrogens is 6.